The molecular weight excluding hydrogens is 332 g/mol. The van der Waals surface area contributed by atoms with Gasteiger partial charge in [-0.2, -0.15) is 0 Å². The Bertz CT molecular complexity index is 867. The lowest BCUT2D eigenvalue weighted by Crippen LogP contribution is -2.18. The Hall–Kier alpha value is -1.98. The van der Waals surface area contributed by atoms with Gasteiger partial charge in [-0.1, -0.05) is 11.6 Å². The molecule has 0 atom stereocenters. The highest BCUT2D eigenvalue weighted by atomic mass is 35.5. The third-order valence-corrected chi connectivity index (χ3v) is 4.77. The van der Waals surface area contributed by atoms with Gasteiger partial charge >= 0.3 is 0 Å². The summed E-state index contributed by atoms with van der Waals surface area (Å²) in [6.45, 7) is 4.14. The highest BCUT2D eigenvalue weighted by Crippen LogP contribution is 2.30. The predicted octanol–water partition coefficient (Wildman–Crippen LogP) is 5.20. The third kappa shape index (κ3) is 2.94. The molecule has 1 aromatic carbocycles. The number of carbonyl (C=O) groups is 1. The molecule has 0 bridgehead atoms. The van der Waals surface area contributed by atoms with E-state index in [1.54, 1.807) is 36.6 Å². The van der Waals surface area contributed by atoms with Gasteiger partial charge in [-0.05, 0) is 49.6 Å². The Morgan fingerprint density at radius 1 is 1.30 bits per heavy atom. The Morgan fingerprint density at radius 2 is 2.09 bits per heavy atom. The molecule has 0 fully saturated rings. The van der Waals surface area contributed by atoms with E-state index >= 15 is 0 Å². The van der Waals surface area contributed by atoms with Crippen molar-refractivity contribution in [1.29, 1.82) is 0 Å². The summed E-state index contributed by atoms with van der Waals surface area (Å²) in [5, 5.41) is 5.40. The summed E-state index contributed by atoms with van der Waals surface area (Å²) in [5.74, 6) is 0.430. The van der Waals surface area contributed by atoms with Crippen LogP contribution in [0.5, 0.6) is 5.75 Å². The van der Waals surface area contributed by atoms with Crippen LogP contribution in [0.1, 0.15) is 30.4 Å². The summed E-state index contributed by atoms with van der Waals surface area (Å²) in [5.41, 5.74) is 2.37. The first-order valence-corrected chi connectivity index (χ1v) is 8.50. The molecule has 0 unspecified atom stereocenters. The first-order valence-electron chi connectivity index (χ1n) is 7.24. The zero-order valence-corrected chi connectivity index (χ0v) is 14.7. The van der Waals surface area contributed by atoms with Crippen LogP contribution in [0.15, 0.2) is 35.7 Å². The van der Waals surface area contributed by atoms with Crippen LogP contribution in [0.3, 0.4) is 0 Å². The van der Waals surface area contributed by atoms with Gasteiger partial charge in [-0.15, -0.1) is 11.3 Å². The second-order valence-electron chi connectivity index (χ2n) is 5.47. The number of hydrogen-bond donors (Lipinski definition) is 1. The Morgan fingerprint density at radius 3 is 2.74 bits per heavy atom. The Labute approximate surface area is 143 Å². The fraction of sp³-hybridized carbons (Fsp3) is 0.235. The molecule has 1 N–H and O–H groups in total. The smallest absolute Gasteiger partial charge is 0.272 e. The number of nitrogens with zero attached hydrogens (tertiary/aromatic N) is 1. The van der Waals surface area contributed by atoms with Crippen molar-refractivity contribution < 1.29 is 9.53 Å². The van der Waals surface area contributed by atoms with E-state index in [4.69, 9.17) is 16.3 Å². The standard InChI is InChI=1S/C17H17ClN2O2S/c1-10(2)20-13-6-7-23-16(13)9-14(20)17(21)19-11-4-5-15(22-3)12(18)8-11/h4-10H,1-3H3,(H,19,21). The molecule has 3 aromatic rings. The van der Waals surface area contributed by atoms with Crippen molar-refractivity contribution in [1.82, 2.24) is 4.57 Å². The van der Waals surface area contributed by atoms with Crippen molar-refractivity contribution in [2.45, 2.75) is 19.9 Å². The molecule has 3 rings (SSSR count). The molecule has 0 aliphatic rings. The number of hydrogen-bond acceptors (Lipinski definition) is 3. The van der Waals surface area contributed by atoms with Crippen molar-refractivity contribution in [2.75, 3.05) is 12.4 Å². The van der Waals surface area contributed by atoms with Gasteiger partial charge in [0.1, 0.15) is 11.4 Å². The number of nitrogens with one attached hydrogen (secondary N) is 1. The van der Waals surface area contributed by atoms with Crippen LogP contribution in [0.2, 0.25) is 5.02 Å². The van der Waals surface area contributed by atoms with Crippen LogP contribution in [0.25, 0.3) is 10.2 Å². The number of carbonyl (C=O) groups excluding carboxylic acids is 1. The van der Waals surface area contributed by atoms with E-state index in [2.05, 4.69) is 19.2 Å². The minimum absolute atomic E-state index is 0.150. The summed E-state index contributed by atoms with van der Waals surface area (Å²) in [6, 6.07) is 9.36. The maximum absolute atomic E-state index is 12.7. The van der Waals surface area contributed by atoms with Crippen LogP contribution >= 0.6 is 22.9 Å². The number of anilines is 1. The molecule has 2 aromatic heterocycles. The molecule has 0 radical (unpaired) electrons. The van der Waals surface area contributed by atoms with E-state index in [9.17, 15) is 4.79 Å². The topological polar surface area (TPSA) is 43.3 Å². The minimum atomic E-state index is -0.150. The average molecular weight is 349 g/mol. The summed E-state index contributed by atoms with van der Waals surface area (Å²) in [4.78, 5) is 12.7. The zero-order valence-electron chi connectivity index (χ0n) is 13.1. The number of methoxy groups -OCH3 is 1. The van der Waals surface area contributed by atoms with Gasteiger partial charge in [0.2, 0.25) is 0 Å². The molecule has 0 aliphatic carbocycles. The SMILES string of the molecule is COc1ccc(NC(=O)c2cc3sccc3n2C(C)C)cc1Cl. The van der Waals surface area contributed by atoms with E-state index in [1.165, 1.54) is 0 Å². The maximum atomic E-state index is 12.7. The lowest BCUT2D eigenvalue weighted by molar-refractivity contribution is 0.101. The molecule has 6 heteroatoms. The number of ether oxygens (including phenoxy) is 1. The van der Waals surface area contributed by atoms with Crippen molar-refractivity contribution in [2.24, 2.45) is 0 Å². The average Bonchev–Trinajstić information content (AvgIpc) is 3.07. The molecule has 23 heavy (non-hydrogen) atoms. The molecule has 2 heterocycles. The maximum Gasteiger partial charge on any atom is 0.272 e. The number of benzene rings is 1. The zero-order chi connectivity index (χ0) is 16.6. The van der Waals surface area contributed by atoms with Crippen molar-refractivity contribution in [3.05, 3.63) is 46.4 Å². The van der Waals surface area contributed by atoms with Gasteiger partial charge in [0.15, 0.2) is 0 Å². The van der Waals surface area contributed by atoms with Gasteiger partial charge in [-0.3, -0.25) is 4.79 Å². The molecular formula is C17H17ClN2O2S. The molecule has 0 aliphatic heterocycles. The molecule has 0 saturated carbocycles. The second kappa shape index (κ2) is 6.26. The van der Waals surface area contributed by atoms with Crippen LogP contribution < -0.4 is 10.1 Å². The normalized spacial score (nSPS) is 11.2. The fourth-order valence-corrected chi connectivity index (χ4v) is 3.68. The van der Waals surface area contributed by atoms with Crippen molar-refractivity contribution in [3.63, 3.8) is 0 Å². The van der Waals surface area contributed by atoms with E-state index < -0.39 is 0 Å². The number of rotatable bonds is 4. The van der Waals surface area contributed by atoms with E-state index in [0.29, 0.717) is 22.2 Å². The number of fused-ring (bicyclic) bond motifs is 1. The lowest BCUT2D eigenvalue weighted by Gasteiger charge is -2.14. The molecule has 120 valence electrons. The lowest BCUT2D eigenvalue weighted by atomic mass is 10.2. The molecule has 0 saturated heterocycles. The first kappa shape index (κ1) is 15.9. The largest absolute Gasteiger partial charge is 0.495 e. The van der Waals surface area contributed by atoms with Gasteiger partial charge in [-0.25, -0.2) is 0 Å². The van der Waals surface area contributed by atoms with Gasteiger partial charge in [0, 0.05) is 11.7 Å². The van der Waals surface area contributed by atoms with E-state index in [1.807, 2.05) is 22.1 Å². The van der Waals surface area contributed by atoms with E-state index in [-0.39, 0.29) is 11.9 Å². The highest BCUT2D eigenvalue weighted by Gasteiger charge is 2.18. The van der Waals surface area contributed by atoms with Crippen molar-refractivity contribution in [3.8, 4) is 5.75 Å². The van der Waals surface area contributed by atoms with Crippen LogP contribution in [0, 0.1) is 0 Å². The van der Waals surface area contributed by atoms with Gasteiger partial charge in [0.25, 0.3) is 5.91 Å². The monoisotopic (exact) mass is 348 g/mol. The summed E-state index contributed by atoms with van der Waals surface area (Å²) >= 11 is 7.74. The third-order valence-electron chi connectivity index (χ3n) is 3.62. The van der Waals surface area contributed by atoms with Crippen LogP contribution in [0.4, 0.5) is 5.69 Å². The van der Waals surface area contributed by atoms with Crippen LogP contribution in [-0.2, 0) is 0 Å². The van der Waals surface area contributed by atoms with Gasteiger partial charge in [0.05, 0.1) is 22.3 Å². The summed E-state index contributed by atoms with van der Waals surface area (Å²) < 4.78 is 8.28. The molecule has 0 spiro atoms. The number of thiophene rings is 1. The quantitative estimate of drug-likeness (QED) is 0.704. The van der Waals surface area contributed by atoms with Crippen molar-refractivity contribution >= 4 is 44.7 Å². The summed E-state index contributed by atoms with van der Waals surface area (Å²) in [6.07, 6.45) is 0. The predicted molar refractivity (Wildman–Crippen MR) is 96.2 cm³/mol. The minimum Gasteiger partial charge on any atom is -0.495 e. The first-order chi connectivity index (χ1) is 11.0. The Balaban J connectivity index is 1.93. The Kier molecular flexibility index (Phi) is 4.33. The second-order valence-corrected chi connectivity index (χ2v) is 6.82. The number of aromatic nitrogens is 1. The van der Waals surface area contributed by atoms with E-state index in [0.717, 1.165) is 10.2 Å². The molecule has 4 nitrogen and oxygen atoms in total. The highest BCUT2D eigenvalue weighted by molar-refractivity contribution is 7.17. The summed E-state index contributed by atoms with van der Waals surface area (Å²) in [7, 11) is 1.56. The number of halogens is 1. The fourth-order valence-electron chi connectivity index (χ4n) is 2.62. The van der Waals surface area contributed by atoms with Crippen LogP contribution in [-0.4, -0.2) is 17.6 Å². The van der Waals surface area contributed by atoms with Gasteiger partial charge < -0.3 is 14.6 Å². The molecule has 1 amide bonds. The number of amides is 1.